The average molecular weight is 310 g/mol. The van der Waals surface area contributed by atoms with Gasteiger partial charge >= 0.3 is 0 Å². The fourth-order valence-electron chi connectivity index (χ4n) is 2.36. The van der Waals surface area contributed by atoms with Crippen LogP contribution in [0.25, 0.3) is 10.8 Å². The predicted molar refractivity (Wildman–Crippen MR) is 85.4 cm³/mol. The summed E-state index contributed by atoms with van der Waals surface area (Å²) in [5, 5.41) is 14.9. The van der Waals surface area contributed by atoms with E-state index in [1.54, 1.807) is 0 Å². The lowest BCUT2D eigenvalue weighted by Crippen LogP contribution is -2.28. The number of nitrogens with zero attached hydrogens (tertiary/aromatic N) is 1. The fourth-order valence-corrected chi connectivity index (χ4v) is 2.36. The molecule has 3 rings (SSSR count). The number of nitrogens with one attached hydrogen (secondary N) is 1. The molecule has 0 bridgehead atoms. The van der Waals surface area contributed by atoms with E-state index in [0.717, 1.165) is 23.0 Å². The number of halogens is 1. The molecule has 0 aliphatic rings. The van der Waals surface area contributed by atoms with Crippen molar-refractivity contribution in [2.75, 3.05) is 6.54 Å². The van der Waals surface area contributed by atoms with Crippen LogP contribution in [0, 0.1) is 5.82 Å². The van der Waals surface area contributed by atoms with Crippen molar-refractivity contribution in [3.8, 4) is 0 Å². The molecule has 2 aromatic carbocycles. The number of hydrogen-bond acceptors (Lipinski definition) is 3. The molecule has 0 aliphatic carbocycles. The van der Waals surface area contributed by atoms with E-state index in [1.165, 1.54) is 6.20 Å². The van der Waals surface area contributed by atoms with E-state index in [0.29, 0.717) is 5.56 Å². The largest absolute Gasteiger partial charge is 0.387 e. The molecule has 5 heteroatoms. The maximum absolute atomic E-state index is 13.0. The highest BCUT2D eigenvalue weighted by Crippen LogP contribution is 2.20. The SMILES string of the molecule is O=C(NCC(O)c1ccc2ccccc2c1)c1cncc(F)c1. The summed E-state index contributed by atoms with van der Waals surface area (Å²) >= 11 is 0. The predicted octanol–water partition coefficient (Wildman–Crippen LogP) is 2.84. The van der Waals surface area contributed by atoms with Gasteiger partial charge in [-0.1, -0.05) is 36.4 Å². The van der Waals surface area contributed by atoms with E-state index in [-0.39, 0.29) is 12.1 Å². The zero-order chi connectivity index (χ0) is 16.2. The summed E-state index contributed by atoms with van der Waals surface area (Å²) in [5.41, 5.74) is 0.831. The Morgan fingerprint density at radius 1 is 1.13 bits per heavy atom. The lowest BCUT2D eigenvalue weighted by Gasteiger charge is -2.13. The van der Waals surface area contributed by atoms with Gasteiger partial charge in [0.1, 0.15) is 5.82 Å². The molecule has 0 saturated heterocycles. The Morgan fingerprint density at radius 2 is 1.91 bits per heavy atom. The molecule has 1 amide bonds. The summed E-state index contributed by atoms with van der Waals surface area (Å²) in [6.07, 6.45) is 1.46. The number of pyridine rings is 1. The first-order valence-electron chi connectivity index (χ1n) is 7.19. The quantitative estimate of drug-likeness (QED) is 0.779. The Bertz CT molecular complexity index is 851. The molecular weight excluding hydrogens is 295 g/mol. The van der Waals surface area contributed by atoms with Gasteiger partial charge in [-0.25, -0.2) is 4.39 Å². The molecule has 0 saturated carbocycles. The van der Waals surface area contributed by atoms with Crippen molar-refractivity contribution in [3.63, 3.8) is 0 Å². The summed E-state index contributed by atoms with van der Waals surface area (Å²) in [7, 11) is 0. The molecule has 1 atom stereocenters. The Labute approximate surface area is 132 Å². The number of benzene rings is 2. The highest BCUT2D eigenvalue weighted by molar-refractivity contribution is 5.93. The second kappa shape index (κ2) is 6.54. The first-order valence-corrected chi connectivity index (χ1v) is 7.19. The van der Waals surface area contributed by atoms with Gasteiger partial charge in [0.2, 0.25) is 0 Å². The number of aliphatic hydroxyl groups is 1. The molecule has 3 aromatic rings. The summed E-state index contributed by atoms with van der Waals surface area (Å²) in [5.74, 6) is -1.05. The van der Waals surface area contributed by atoms with Crippen LogP contribution in [-0.2, 0) is 0 Å². The van der Waals surface area contributed by atoms with E-state index >= 15 is 0 Å². The highest BCUT2D eigenvalue weighted by atomic mass is 19.1. The van der Waals surface area contributed by atoms with Crippen LogP contribution in [0.2, 0.25) is 0 Å². The summed E-state index contributed by atoms with van der Waals surface area (Å²) < 4.78 is 13.0. The van der Waals surface area contributed by atoms with Crippen LogP contribution in [0.3, 0.4) is 0 Å². The lowest BCUT2D eigenvalue weighted by atomic mass is 10.0. The molecule has 1 unspecified atom stereocenters. The van der Waals surface area contributed by atoms with Crippen LogP contribution in [0.15, 0.2) is 60.9 Å². The summed E-state index contributed by atoms with van der Waals surface area (Å²) in [4.78, 5) is 15.5. The van der Waals surface area contributed by atoms with Crippen LogP contribution in [0.4, 0.5) is 4.39 Å². The first kappa shape index (κ1) is 15.1. The molecule has 0 fully saturated rings. The molecule has 116 valence electrons. The Morgan fingerprint density at radius 3 is 2.70 bits per heavy atom. The minimum atomic E-state index is -0.843. The Hall–Kier alpha value is -2.79. The third kappa shape index (κ3) is 3.52. The monoisotopic (exact) mass is 310 g/mol. The molecule has 23 heavy (non-hydrogen) atoms. The van der Waals surface area contributed by atoms with Gasteiger partial charge in [0, 0.05) is 12.7 Å². The van der Waals surface area contributed by atoms with Crippen molar-refractivity contribution in [2.24, 2.45) is 0 Å². The minimum Gasteiger partial charge on any atom is -0.387 e. The van der Waals surface area contributed by atoms with Crippen LogP contribution >= 0.6 is 0 Å². The summed E-state index contributed by atoms with van der Waals surface area (Å²) in [6, 6.07) is 14.6. The van der Waals surface area contributed by atoms with Crippen molar-refractivity contribution >= 4 is 16.7 Å². The fraction of sp³-hybridized carbons (Fsp3) is 0.111. The highest BCUT2D eigenvalue weighted by Gasteiger charge is 2.12. The molecule has 0 spiro atoms. The zero-order valence-electron chi connectivity index (χ0n) is 12.2. The van der Waals surface area contributed by atoms with Gasteiger partial charge in [0.15, 0.2) is 0 Å². The zero-order valence-corrected chi connectivity index (χ0v) is 12.2. The van der Waals surface area contributed by atoms with Gasteiger partial charge in [0.25, 0.3) is 5.91 Å². The van der Waals surface area contributed by atoms with Crippen LogP contribution in [0.5, 0.6) is 0 Å². The minimum absolute atomic E-state index is 0.0354. The van der Waals surface area contributed by atoms with Crippen molar-refractivity contribution in [3.05, 3.63) is 77.9 Å². The Balaban J connectivity index is 1.68. The van der Waals surface area contributed by atoms with Gasteiger partial charge in [-0.3, -0.25) is 9.78 Å². The number of amides is 1. The first-order chi connectivity index (χ1) is 11.1. The average Bonchev–Trinajstić information content (AvgIpc) is 2.59. The normalized spacial score (nSPS) is 12.1. The molecule has 0 aliphatic heterocycles. The van der Waals surface area contributed by atoms with Gasteiger partial charge in [-0.15, -0.1) is 0 Å². The van der Waals surface area contributed by atoms with E-state index in [9.17, 15) is 14.3 Å². The van der Waals surface area contributed by atoms with E-state index in [1.807, 2.05) is 42.5 Å². The second-order valence-electron chi connectivity index (χ2n) is 5.22. The van der Waals surface area contributed by atoms with Gasteiger partial charge in [-0.2, -0.15) is 0 Å². The van der Waals surface area contributed by atoms with E-state index in [2.05, 4.69) is 10.3 Å². The van der Waals surface area contributed by atoms with Crippen molar-refractivity contribution in [2.45, 2.75) is 6.10 Å². The number of aliphatic hydroxyl groups excluding tert-OH is 1. The third-order valence-corrected chi connectivity index (χ3v) is 3.58. The third-order valence-electron chi connectivity index (χ3n) is 3.58. The lowest BCUT2D eigenvalue weighted by molar-refractivity contribution is 0.0915. The van der Waals surface area contributed by atoms with Gasteiger partial charge in [-0.05, 0) is 28.5 Å². The molecule has 4 nitrogen and oxygen atoms in total. The van der Waals surface area contributed by atoms with E-state index in [4.69, 9.17) is 0 Å². The Kier molecular flexibility index (Phi) is 4.30. The van der Waals surface area contributed by atoms with Crippen LogP contribution < -0.4 is 5.32 Å². The van der Waals surface area contributed by atoms with Crippen molar-refractivity contribution < 1.29 is 14.3 Å². The number of aromatic nitrogens is 1. The number of carbonyl (C=O) groups is 1. The number of rotatable bonds is 4. The topological polar surface area (TPSA) is 62.2 Å². The van der Waals surface area contributed by atoms with Crippen molar-refractivity contribution in [1.29, 1.82) is 0 Å². The number of hydrogen-bond donors (Lipinski definition) is 2. The second-order valence-corrected chi connectivity index (χ2v) is 5.22. The molecule has 1 aromatic heterocycles. The molecular formula is C18H15FN2O2. The van der Waals surface area contributed by atoms with Gasteiger partial charge in [0.05, 0.1) is 17.9 Å². The maximum Gasteiger partial charge on any atom is 0.253 e. The van der Waals surface area contributed by atoms with Crippen molar-refractivity contribution in [1.82, 2.24) is 10.3 Å². The van der Waals surface area contributed by atoms with Crippen LogP contribution in [-0.4, -0.2) is 22.5 Å². The standard InChI is InChI=1S/C18H15FN2O2/c19-16-8-15(9-20-10-16)18(23)21-11-17(22)14-6-5-12-3-1-2-4-13(12)7-14/h1-10,17,22H,11H2,(H,21,23). The summed E-state index contributed by atoms with van der Waals surface area (Å²) in [6.45, 7) is 0.0354. The van der Waals surface area contributed by atoms with E-state index < -0.39 is 17.8 Å². The smallest absolute Gasteiger partial charge is 0.253 e. The molecule has 1 heterocycles. The number of carbonyl (C=O) groups excluding carboxylic acids is 1. The molecule has 0 radical (unpaired) electrons. The number of fused-ring (bicyclic) bond motifs is 1. The van der Waals surface area contributed by atoms with Crippen LogP contribution in [0.1, 0.15) is 22.0 Å². The van der Waals surface area contributed by atoms with Gasteiger partial charge < -0.3 is 10.4 Å². The maximum atomic E-state index is 13.0. The molecule has 2 N–H and O–H groups in total.